The Morgan fingerprint density at radius 1 is 1.12 bits per heavy atom. The van der Waals surface area contributed by atoms with Crippen LogP contribution >= 0.6 is 11.3 Å². The van der Waals surface area contributed by atoms with Crippen LogP contribution in [0.1, 0.15) is 57.1 Å². The lowest BCUT2D eigenvalue weighted by atomic mass is 10.0. The van der Waals surface area contributed by atoms with Gasteiger partial charge in [0, 0.05) is 29.6 Å². The number of nitrogens with one attached hydrogen (secondary N) is 1. The van der Waals surface area contributed by atoms with Crippen molar-refractivity contribution in [3.05, 3.63) is 70.6 Å². The minimum absolute atomic E-state index is 0.105. The highest BCUT2D eigenvalue weighted by molar-refractivity contribution is 7.92. The van der Waals surface area contributed by atoms with Gasteiger partial charge in [-0.1, -0.05) is 24.3 Å². The highest BCUT2D eigenvalue weighted by Gasteiger charge is 2.29. The first-order valence-electron chi connectivity index (χ1n) is 13.6. The van der Waals surface area contributed by atoms with Crippen LogP contribution in [-0.4, -0.2) is 55.3 Å². The van der Waals surface area contributed by atoms with Gasteiger partial charge in [-0.05, 0) is 82.9 Å². The molecule has 0 saturated carbocycles. The summed E-state index contributed by atoms with van der Waals surface area (Å²) in [6, 6.07) is 12.2. The van der Waals surface area contributed by atoms with Crippen molar-refractivity contribution < 1.29 is 27.1 Å². The minimum Gasteiger partial charge on any atom is -0.444 e. The summed E-state index contributed by atoms with van der Waals surface area (Å²) in [5.41, 5.74) is 1.02. The monoisotopic (exact) mass is 611 g/mol. The number of carbonyl (C=O) groups excluding carboxylic acids is 2. The SMILES string of the molecule is [C-]#[N+]c1ccc(-c2cc(C(=O)N3CCC[C@@H](NC(=O)OC(C)(C)C)C3)sc2-c2ccc(S(=O)(=O)C(C)C)cc2)cc1F. The Balaban J connectivity index is 1.68. The molecular weight excluding hydrogens is 577 g/mol. The molecule has 4 rings (SSSR count). The van der Waals surface area contributed by atoms with Gasteiger partial charge in [0.05, 0.1) is 21.6 Å². The van der Waals surface area contributed by atoms with E-state index in [1.54, 1.807) is 63.8 Å². The van der Waals surface area contributed by atoms with Crippen LogP contribution in [0.3, 0.4) is 0 Å². The van der Waals surface area contributed by atoms with Crippen molar-refractivity contribution in [2.45, 2.75) is 69.2 Å². The Labute approximate surface area is 250 Å². The highest BCUT2D eigenvalue weighted by atomic mass is 32.2. The number of alkyl carbamates (subject to hydrolysis) is 1. The second-order valence-corrected chi connectivity index (χ2v) is 15.0. The number of rotatable bonds is 6. The molecule has 1 saturated heterocycles. The molecule has 42 heavy (non-hydrogen) atoms. The van der Waals surface area contributed by atoms with Crippen molar-refractivity contribution >= 4 is 38.9 Å². The van der Waals surface area contributed by atoms with E-state index in [0.717, 1.165) is 0 Å². The van der Waals surface area contributed by atoms with E-state index in [-0.39, 0.29) is 22.5 Å². The quantitative estimate of drug-likeness (QED) is 0.301. The molecule has 0 spiro atoms. The zero-order valence-corrected chi connectivity index (χ0v) is 25.9. The van der Waals surface area contributed by atoms with Gasteiger partial charge >= 0.3 is 6.09 Å². The normalized spacial score (nSPS) is 15.8. The summed E-state index contributed by atoms with van der Waals surface area (Å²) in [6.07, 6.45) is 0.879. The van der Waals surface area contributed by atoms with E-state index in [9.17, 15) is 22.4 Å². The molecule has 8 nitrogen and oxygen atoms in total. The molecule has 1 N–H and O–H groups in total. The largest absolute Gasteiger partial charge is 0.444 e. The third-order valence-corrected chi connectivity index (χ3v) is 10.2. The highest BCUT2D eigenvalue weighted by Crippen LogP contribution is 2.41. The van der Waals surface area contributed by atoms with Crippen molar-refractivity contribution in [1.29, 1.82) is 0 Å². The third kappa shape index (κ3) is 6.99. The number of piperidine rings is 1. The van der Waals surface area contributed by atoms with E-state index in [0.29, 0.717) is 52.4 Å². The average molecular weight is 612 g/mol. The van der Waals surface area contributed by atoms with Crippen LogP contribution < -0.4 is 5.32 Å². The lowest BCUT2D eigenvalue weighted by Gasteiger charge is -2.33. The molecule has 2 aromatic carbocycles. The molecule has 2 heterocycles. The summed E-state index contributed by atoms with van der Waals surface area (Å²) >= 11 is 1.23. The number of sulfone groups is 1. The Bertz CT molecular complexity index is 1630. The van der Waals surface area contributed by atoms with Gasteiger partial charge in [-0.25, -0.2) is 22.4 Å². The smallest absolute Gasteiger partial charge is 0.407 e. The predicted octanol–water partition coefficient (Wildman–Crippen LogP) is 7.08. The molecule has 0 unspecified atom stereocenters. The van der Waals surface area contributed by atoms with Crippen LogP contribution in [0.15, 0.2) is 53.4 Å². The number of carbonyl (C=O) groups is 2. The molecule has 222 valence electrons. The van der Waals surface area contributed by atoms with E-state index in [4.69, 9.17) is 11.3 Å². The van der Waals surface area contributed by atoms with Crippen molar-refractivity contribution in [1.82, 2.24) is 10.2 Å². The zero-order valence-electron chi connectivity index (χ0n) is 24.2. The van der Waals surface area contributed by atoms with Crippen LogP contribution in [0.4, 0.5) is 14.9 Å². The topological polar surface area (TPSA) is 97.1 Å². The average Bonchev–Trinajstić information content (AvgIpc) is 3.37. The molecule has 0 aliphatic carbocycles. The Morgan fingerprint density at radius 3 is 2.38 bits per heavy atom. The third-order valence-electron chi connectivity index (χ3n) is 6.82. The Hall–Kier alpha value is -3.75. The second kappa shape index (κ2) is 12.2. The summed E-state index contributed by atoms with van der Waals surface area (Å²) in [4.78, 5) is 32.2. The van der Waals surface area contributed by atoms with Gasteiger partial charge in [0.25, 0.3) is 5.91 Å². The number of hydrogen-bond donors (Lipinski definition) is 1. The van der Waals surface area contributed by atoms with Gasteiger partial charge in [0.1, 0.15) is 11.4 Å². The van der Waals surface area contributed by atoms with Gasteiger partial charge in [-0.15, -0.1) is 11.3 Å². The summed E-state index contributed by atoms with van der Waals surface area (Å²) in [5, 5.41) is 2.28. The van der Waals surface area contributed by atoms with Gasteiger partial charge in [0.2, 0.25) is 5.69 Å². The number of benzene rings is 2. The first-order chi connectivity index (χ1) is 19.7. The molecule has 1 fully saturated rings. The molecule has 1 atom stereocenters. The molecule has 2 amide bonds. The fraction of sp³-hybridized carbons (Fsp3) is 0.387. The van der Waals surface area contributed by atoms with Crippen LogP contribution in [0.2, 0.25) is 0 Å². The second-order valence-electron chi connectivity index (χ2n) is 11.5. The number of hydrogen-bond acceptors (Lipinski definition) is 6. The van der Waals surface area contributed by atoms with Crippen molar-refractivity contribution in [3.8, 4) is 21.6 Å². The van der Waals surface area contributed by atoms with Gasteiger partial charge in [-0.2, -0.15) is 0 Å². The van der Waals surface area contributed by atoms with Crippen LogP contribution in [0, 0.1) is 12.4 Å². The standard InChI is InChI=1S/C31H34FN3O5S2/c1-19(2)42(38,39)23-12-9-20(10-13-23)28-24(21-11-14-26(33-6)25(32)16-21)17-27(41-28)29(36)35-15-7-8-22(18-35)34-30(37)40-31(3,4)5/h9-14,16-17,19,22H,7-8,15,18H2,1-5H3,(H,34,37)/t22-/m1/s1. The first kappa shape index (κ1) is 31.2. The predicted molar refractivity (Wildman–Crippen MR) is 162 cm³/mol. The molecule has 1 aliphatic rings. The van der Waals surface area contributed by atoms with Crippen LogP contribution in [-0.2, 0) is 14.6 Å². The molecule has 11 heteroatoms. The molecule has 0 bridgehead atoms. The number of likely N-dealkylation sites (tertiary alicyclic amines) is 1. The maximum atomic E-state index is 14.6. The Morgan fingerprint density at radius 2 is 1.79 bits per heavy atom. The maximum absolute atomic E-state index is 14.6. The lowest BCUT2D eigenvalue weighted by Crippen LogP contribution is -2.50. The van der Waals surface area contributed by atoms with Crippen LogP contribution in [0.25, 0.3) is 26.4 Å². The summed E-state index contributed by atoms with van der Waals surface area (Å²) in [7, 11) is -3.47. The number of thiophene rings is 1. The minimum atomic E-state index is -3.47. The number of halogens is 1. The van der Waals surface area contributed by atoms with Crippen molar-refractivity contribution in [2.24, 2.45) is 0 Å². The van der Waals surface area contributed by atoms with E-state index in [1.165, 1.54) is 35.6 Å². The lowest BCUT2D eigenvalue weighted by molar-refractivity contribution is 0.0453. The van der Waals surface area contributed by atoms with Gasteiger partial charge < -0.3 is 15.0 Å². The molecule has 0 radical (unpaired) electrons. The summed E-state index contributed by atoms with van der Waals surface area (Å²) in [5.74, 6) is -0.890. The van der Waals surface area contributed by atoms with Gasteiger partial charge in [-0.3, -0.25) is 4.79 Å². The molecule has 1 aromatic heterocycles. The van der Waals surface area contributed by atoms with E-state index >= 15 is 0 Å². The van der Waals surface area contributed by atoms with Crippen molar-refractivity contribution in [3.63, 3.8) is 0 Å². The fourth-order valence-corrected chi connectivity index (χ4v) is 6.88. The van der Waals surface area contributed by atoms with Crippen LogP contribution in [0.5, 0.6) is 0 Å². The molecule has 1 aliphatic heterocycles. The number of nitrogens with zero attached hydrogens (tertiary/aromatic N) is 2. The van der Waals surface area contributed by atoms with Gasteiger partial charge in [0.15, 0.2) is 9.84 Å². The fourth-order valence-electron chi connectivity index (χ4n) is 4.67. The summed E-state index contributed by atoms with van der Waals surface area (Å²) in [6.45, 7) is 16.6. The molecular formula is C31H34FN3O5S2. The van der Waals surface area contributed by atoms with Crippen molar-refractivity contribution in [2.75, 3.05) is 13.1 Å². The van der Waals surface area contributed by atoms with E-state index in [1.807, 2.05) is 0 Å². The zero-order chi connectivity index (χ0) is 30.8. The van der Waals surface area contributed by atoms with E-state index in [2.05, 4.69) is 10.2 Å². The first-order valence-corrected chi connectivity index (χ1v) is 16.0. The Kier molecular flexibility index (Phi) is 9.09. The molecule has 3 aromatic rings. The number of amides is 2. The number of ether oxygens (including phenoxy) is 1. The maximum Gasteiger partial charge on any atom is 0.407 e. The summed E-state index contributed by atoms with van der Waals surface area (Å²) < 4.78 is 45.3. The van der Waals surface area contributed by atoms with E-state index < -0.39 is 32.6 Å².